The summed E-state index contributed by atoms with van der Waals surface area (Å²) in [7, 11) is 2.11. The number of hydrogen-bond acceptors (Lipinski definition) is 3. The third kappa shape index (κ3) is 7.54. The predicted molar refractivity (Wildman–Crippen MR) is 90.1 cm³/mol. The molecule has 0 aliphatic heterocycles. The number of carbonyl (C=O) groups excluding carboxylic acids is 1. The summed E-state index contributed by atoms with van der Waals surface area (Å²) in [5.74, 6) is -0.166. The van der Waals surface area contributed by atoms with E-state index in [9.17, 15) is 4.79 Å². The largest absolute Gasteiger partial charge is 0.455 e. The van der Waals surface area contributed by atoms with Gasteiger partial charge in [0.25, 0.3) is 0 Å². The molecule has 0 rings (SSSR count). The van der Waals surface area contributed by atoms with Gasteiger partial charge in [0, 0.05) is 24.7 Å². The summed E-state index contributed by atoms with van der Waals surface area (Å²) in [5.41, 5.74) is 0.855. The summed E-state index contributed by atoms with van der Waals surface area (Å²) < 4.78 is 5.48. The van der Waals surface area contributed by atoms with Crippen molar-refractivity contribution < 1.29 is 9.53 Å². The molecule has 3 nitrogen and oxygen atoms in total. The maximum atomic E-state index is 11.5. The molecule has 0 fully saturated rings. The van der Waals surface area contributed by atoms with Crippen molar-refractivity contribution in [2.24, 2.45) is 5.41 Å². The van der Waals surface area contributed by atoms with Gasteiger partial charge in [-0.05, 0) is 52.5 Å². The molecule has 0 aromatic rings. The molecule has 0 N–H and O–H groups in total. The molecule has 3 heteroatoms. The van der Waals surface area contributed by atoms with E-state index < -0.39 is 5.60 Å². The van der Waals surface area contributed by atoms with E-state index in [4.69, 9.17) is 4.74 Å². The highest BCUT2D eigenvalue weighted by molar-refractivity contribution is 5.69. The lowest BCUT2D eigenvalue weighted by atomic mass is 9.80. The summed E-state index contributed by atoms with van der Waals surface area (Å²) in [6.45, 7) is 19.0. The van der Waals surface area contributed by atoms with E-state index in [0.717, 1.165) is 12.1 Å². The third-order valence-corrected chi connectivity index (χ3v) is 3.62. The molecule has 21 heavy (non-hydrogen) atoms. The van der Waals surface area contributed by atoms with Gasteiger partial charge in [-0.25, -0.2) is 0 Å². The topological polar surface area (TPSA) is 29.5 Å². The van der Waals surface area contributed by atoms with E-state index in [1.807, 2.05) is 26.8 Å². The van der Waals surface area contributed by atoms with Crippen LogP contribution < -0.4 is 0 Å². The van der Waals surface area contributed by atoms with Crippen molar-refractivity contribution >= 4 is 5.97 Å². The molecule has 0 saturated heterocycles. The highest BCUT2D eigenvalue weighted by Gasteiger charge is 2.30. The minimum absolute atomic E-state index is 0.0453. The number of nitrogens with zero attached hydrogens (tertiary/aromatic N) is 1. The zero-order valence-electron chi connectivity index (χ0n) is 15.8. The molecule has 0 aliphatic rings. The minimum atomic E-state index is -0.580. The zero-order valence-corrected chi connectivity index (χ0v) is 15.8. The van der Waals surface area contributed by atoms with Gasteiger partial charge in [0.05, 0.1) is 0 Å². The minimum Gasteiger partial charge on any atom is -0.455 e. The van der Waals surface area contributed by atoms with Gasteiger partial charge in [-0.15, -0.1) is 0 Å². The van der Waals surface area contributed by atoms with Gasteiger partial charge in [0.1, 0.15) is 5.60 Å². The average Bonchev–Trinajstić information content (AvgIpc) is 2.22. The van der Waals surface area contributed by atoms with Crippen LogP contribution in [0.1, 0.15) is 75.2 Å². The van der Waals surface area contributed by atoms with Crippen LogP contribution in [0.3, 0.4) is 0 Å². The van der Waals surface area contributed by atoms with Crippen LogP contribution in [0.25, 0.3) is 0 Å². The molecular formula is C18H35NO2. The fourth-order valence-electron chi connectivity index (χ4n) is 2.89. The second-order valence-corrected chi connectivity index (χ2v) is 8.33. The SMILES string of the molecule is CCC(=O)OC(C)(C)C=C(C)N(C)C(C)(C)CC(C)(C)C. The summed E-state index contributed by atoms with van der Waals surface area (Å²) in [4.78, 5) is 13.8. The van der Waals surface area contributed by atoms with Gasteiger partial charge in [-0.3, -0.25) is 4.79 Å². The first-order valence-electron chi connectivity index (χ1n) is 7.85. The van der Waals surface area contributed by atoms with Crippen molar-refractivity contribution in [1.29, 1.82) is 0 Å². The Hall–Kier alpha value is -0.990. The van der Waals surface area contributed by atoms with Crippen LogP contribution in [0.5, 0.6) is 0 Å². The molecule has 0 aromatic carbocycles. The number of hydrogen-bond donors (Lipinski definition) is 0. The number of carbonyl (C=O) groups is 1. The normalized spacial score (nSPS) is 14.1. The molecule has 0 radical (unpaired) electrons. The lowest BCUT2D eigenvalue weighted by Crippen LogP contribution is -2.43. The van der Waals surface area contributed by atoms with Crippen LogP contribution in [-0.4, -0.2) is 29.1 Å². The van der Waals surface area contributed by atoms with Gasteiger partial charge in [0.2, 0.25) is 0 Å². The van der Waals surface area contributed by atoms with E-state index in [2.05, 4.69) is 53.5 Å². The Morgan fingerprint density at radius 2 is 1.57 bits per heavy atom. The first-order chi connectivity index (χ1) is 9.20. The summed E-state index contributed by atoms with van der Waals surface area (Å²) in [5, 5.41) is 0. The van der Waals surface area contributed by atoms with Crippen LogP contribution in [0.2, 0.25) is 0 Å². The average molecular weight is 297 g/mol. The van der Waals surface area contributed by atoms with E-state index >= 15 is 0 Å². The first-order valence-corrected chi connectivity index (χ1v) is 7.85. The van der Waals surface area contributed by atoms with Crippen LogP contribution in [0.4, 0.5) is 0 Å². The number of esters is 1. The van der Waals surface area contributed by atoms with Crippen molar-refractivity contribution in [2.45, 2.75) is 86.3 Å². The van der Waals surface area contributed by atoms with Crippen molar-refractivity contribution in [3.8, 4) is 0 Å². The second kappa shape index (κ2) is 6.85. The number of rotatable bonds is 6. The molecule has 0 bridgehead atoms. The maximum Gasteiger partial charge on any atom is 0.306 e. The van der Waals surface area contributed by atoms with Crippen LogP contribution >= 0.6 is 0 Å². The van der Waals surface area contributed by atoms with Gasteiger partial charge in [-0.1, -0.05) is 27.7 Å². The predicted octanol–water partition coefficient (Wildman–Crippen LogP) is 4.77. The monoisotopic (exact) mass is 297 g/mol. The quantitative estimate of drug-likeness (QED) is 0.661. The Kier molecular flexibility index (Phi) is 6.52. The fourth-order valence-corrected chi connectivity index (χ4v) is 2.89. The molecule has 0 heterocycles. The van der Waals surface area contributed by atoms with Crippen LogP contribution in [0, 0.1) is 5.41 Å². The molecule has 0 aliphatic carbocycles. The number of ether oxygens (including phenoxy) is 1. The number of allylic oxidation sites excluding steroid dienone is 1. The highest BCUT2D eigenvalue weighted by atomic mass is 16.6. The van der Waals surface area contributed by atoms with Crippen molar-refractivity contribution in [1.82, 2.24) is 4.90 Å². The first kappa shape index (κ1) is 20.0. The summed E-state index contributed by atoms with van der Waals surface area (Å²) in [6, 6.07) is 0. The lowest BCUT2D eigenvalue weighted by molar-refractivity contribution is -0.152. The Balaban J connectivity index is 5.09. The summed E-state index contributed by atoms with van der Waals surface area (Å²) >= 11 is 0. The van der Waals surface area contributed by atoms with Gasteiger partial charge in [0.15, 0.2) is 0 Å². The van der Waals surface area contributed by atoms with E-state index in [1.54, 1.807) is 0 Å². The van der Waals surface area contributed by atoms with Gasteiger partial charge >= 0.3 is 5.97 Å². The molecule has 124 valence electrons. The Morgan fingerprint density at radius 3 is 1.95 bits per heavy atom. The molecule has 0 amide bonds. The molecule has 0 atom stereocenters. The van der Waals surface area contributed by atoms with Crippen LogP contribution in [0.15, 0.2) is 11.8 Å². The second-order valence-electron chi connectivity index (χ2n) is 8.33. The Bertz CT molecular complexity index is 387. The van der Waals surface area contributed by atoms with Crippen LogP contribution in [-0.2, 0) is 9.53 Å². The Morgan fingerprint density at radius 1 is 1.10 bits per heavy atom. The van der Waals surface area contributed by atoms with Gasteiger partial charge < -0.3 is 9.64 Å². The molecule has 0 aromatic heterocycles. The molecule has 0 saturated carbocycles. The summed E-state index contributed by atoms with van der Waals surface area (Å²) in [6.07, 6.45) is 3.52. The van der Waals surface area contributed by atoms with Crippen molar-refractivity contribution in [2.75, 3.05) is 7.05 Å². The Labute approximate surface area is 131 Å². The smallest absolute Gasteiger partial charge is 0.306 e. The van der Waals surface area contributed by atoms with E-state index in [-0.39, 0.29) is 16.9 Å². The zero-order chi connectivity index (χ0) is 17.1. The fraction of sp³-hybridized carbons (Fsp3) is 0.833. The van der Waals surface area contributed by atoms with Gasteiger partial charge in [-0.2, -0.15) is 0 Å². The lowest BCUT2D eigenvalue weighted by Gasteiger charge is -2.42. The molecule has 0 unspecified atom stereocenters. The van der Waals surface area contributed by atoms with Crippen molar-refractivity contribution in [3.05, 3.63) is 11.8 Å². The highest BCUT2D eigenvalue weighted by Crippen LogP contribution is 2.32. The maximum absolute atomic E-state index is 11.5. The molecular weight excluding hydrogens is 262 g/mol. The van der Waals surface area contributed by atoms with E-state index in [1.165, 1.54) is 0 Å². The standard InChI is InChI=1S/C18H35NO2/c1-11-15(20)21-18(8,9)12-14(2)19(10)17(6,7)13-16(3,4)5/h12H,11,13H2,1-10H3. The molecule has 0 spiro atoms. The third-order valence-electron chi connectivity index (χ3n) is 3.62. The van der Waals surface area contributed by atoms with E-state index in [0.29, 0.717) is 6.42 Å². The van der Waals surface area contributed by atoms with Crippen molar-refractivity contribution in [3.63, 3.8) is 0 Å².